The van der Waals surface area contributed by atoms with Gasteiger partial charge in [-0.2, -0.15) is 0 Å². The molecule has 0 aromatic rings. The third-order valence-corrected chi connectivity index (χ3v) is 3.67. The zero-order chi connectivity index (χ0) is 11.8. The molecule has 0 saturated heterocycles. The van der Waals surface area contributed by atoms with E-state index >= 15 is 0 Å². The van der Waals surface area contributed by atoms with Crippen molar-refractivity contribution in [1.82, 2.24) is 0 Å². The van der Waals surface area contributed by atoms with Gasteiger partial charge in [-0.3, -0.25) is 0 Å². The topological polar surface area (TPSA) is 0 Å². The highest BCUT2D eigenvalue weighted by molar-refractivity contribution is 4.83. The maximum atomic E-state index is 2.37. The molecule has 0 aliphatic rings. The molecule has 0 saturated carbocycles. The van der Waals surface area contributed by atoms with Crippen LogP contribution in [0.4, 0.5) is 0 Å². The van der Waals surface area contributed by atoms with Crippen LogP contribution >= 0.6 is 0 Å². The lowest BCUT2D eigenvalue weighted by Crippen LogP contribution is -2.32. The molecule has 0 N–H and O–H groups in total. The average Bonchev–Trinajstić information content (AvgIpc) is 2.16. The zero-order valence-electron chi connectivity index (χ0n) is 11.8. The van der Waals surface area contributed by atoms with Crippen LogP contribution in [0, 0.1) is 17.3 Å². The standard InChI is InChI=1S/C12H26.C2H6/c1-7-9-12(8-2,10(3)4)11(5)6;1-2/h10-11H,7-9H2,1-6H3;1-2H3. The van der Waals surface area contributed by atoms with Crippen LogP contribution in [0.1, 0.15) is 74.7 Å². The van der Waals surface area contributed by atoms with Gasteiger partial charge in [0.25, 0.3) is 0 Å². The number of hydrogen-bond donors (Lipinski definition) is 0. The summed E-state index contributed by atoms with van der Waals surface area (Å²) in [5.41, 5.74) is 0.592. The quantitative estimate of drug-likeness (QED) is 0.548. The molecule has 0 heterocycles. The first-order chi connectivity index (χ1) is 6.51. The van der Waals surface area contributed by atoms with Crippen molar-refractivity contribution in [3.63, 3.8) is 0 Å². The lowest BCUT2D eigenvalue weighted by Gasteiger charge is -2.41. The largest absolute Gasteiger partial charge is 0.0683 e. The summed E-state index contributed by atoms with van der Waals surface area (Å²) in [6, 6.07) is 0. The van der Waals surface area contributed by atoms with Crippen molar-refractivity contribution in [1.29, 1.82) is 0 Å². The smallest absolute Gasteiger partial charge is 0.0254 e. The Kier molecular flexibility index (Phi) is 9.76. The average molecular weight is 200 g/mol. The first-order valence-corrected chi connectivity index (χ1v) is 6.51. The molecule has 0 atom stereocenters. The molecule has 0 unspecified atom stereocenters. The van der Waals surface area contributed by atoms with Gasteiger partial charge in [-0.25, -0.2) is 0 Å². The van der Waals surface area contributed by atoms with Crippen LogP contribution in [-0.2, 0) is 0 Å². The van der Waals surface area contributed by atoms with E-state index in [2.05, 4.69) is 41.5 Å². The molecular weight excluding hydrogens is 168 g/mol. The first-order valence-electron chi connectivity index (χ1n) is 6.51. The van der Waals surface area contributed by atoms with Gasteiger partial charge in [0.1, 0.15) is 0 Å². The van der Waals surface area contributed by atoms with Gasteiger partial charge in [-0.1, -0.05) is 61.8 Å². The van der Waals surface area contributed by atoms with Gasteiger partial charge in [0.05, 0.1) is 0 Å². The van der Waals surface area contributed by atoms with Crippen LogP contribution in [0.5, 0.6) is 0 Å². The highest BCUT2D eigenvalue weighted by atomic mass is 14.4. The normalized spacial score (nSPS) is 11.6. The second-order valence-corrected chi connectivity index (χ2v) is 4.65. The lowest BCUT2D eigenvalue weighted by atomic mass is 9.65. The Balaban J connectivity index is 0. The molecule has 0 aromatic heterocycles. The van der Waals surface area contributed by atoms with Gasteiger partial charge >= 0.3 is 0 Å². The Morgan fingerprint density at radius 1 is 0.857 bits per heavy atom. The lowest BCUT2D eigenvalue weighted by molar-refractivity contribution is 0.0910. The number of hydrogen-bond acceptors (Lipinski definition) is 0. The van der Waals surface area contributed by atoms with Gasteiger partial charge in [0.15, 0.2) is 0 Å². The molecule has 0 spiro atoms. The predicted molar refractivity (Wildman–Crippen MR) is 68.7 cm³/mol. The van der Waals surface area contributed by atoms with Crippen LogP contribution in [-0.4, -0.2) is 0 Å². The van der Waals surface area contributed by atoms with Gasteiger partial charge in [-0.05, 0) is 30.1 Å². The molecular formula is C14H32. The van der Waals surface area contributed by atoms with E-state index in [1.165, 1.54) is 19.3 Å². The minimum atomic E-state index is 0.592. The fourth-order valence-corrected chi connectivity index (χ4v) is 2.70. The van der Waals surface area contributed by atoms with Crippen LogP contribution in [0.3, 0.4) is 0 Å². The summed E-state index contributed by atoms with van der Waals surface area (Å²) in [6.07, 6.45) is 4.04. The minimum absolute atomic E-state index is 0.592. The van der Waals surface area contributed by atoms with E-state index in [-0.39, 0.29) is 0 Å². The Morgan fingerprint density at radius 3 is 1.29 bits per heavy atom. The molecule has 0 heteroatoms. The van der Waals surface area contributed by atoms with Gasteiger partial charge in [0, 0.05) is 0 Å². The molecule has 88 valence electrons. The van der Waals surface area contributed by atoms with Crippen molar-refractivity contribution < 1.29 is 0 Å². The molecule has 0 radical (unpaired) electrons. The predicted octanol–water partition coefficient (Wildman–Crippen LogP) is 5.52. The van der Waals surface area contributed by atoms with E-state index in [0.29, 0.717) is 5.41 Å². The molecule has 0 nitrogen and oxygen atoms in total. The van der Waals surface area contributed by atoms with Crippen molar-refractivity contribution in [3.05, 3.63) is 0 Å². The molecule has 14 heavy (non-hydrogen) atoms. The van der Waals surface area contributed by atoms with Crippen LogP contribution in [0.15, 0.2) is 0 Å². The van der Waals surface area contributed by atoms with Crippen molar-refractivity contribution in [2.45, 2.75) is 74.7 Å². The fourth-order valence-electron chi connectivity index (χ4n) is 2.70. The van der Waals surface area contributed by atoms with E-state index < -0.39 is 0 Å². The van der Waals surface area contributed by atoms with Crippen LogP contribution < -0.4 is 0 Å². The maximum Gasteiger partial charge on any atom is -0.0254 e. The Hall–Kier alpha value is 0. The van der Waals surface area contributed by atoms with Gasteiger partial charge < -0.3 is 0 Å². The van der Waals surface area contributed by atoms with Crippen LogP contribution in [0.2, 0.25) is 0 Å². The SMILES string of the molecule is CC.CCCC(CC)(C(C)C)C(C)C. The Labute approximate surface area is 92.5 Å². The number of rotatable bonds is 5. The van der Waals surface area contributed by atoms with Crippen LogP contribution in [0.25, 0.3) is 0 Å². The summed E-state index contributed by atoms with van der Waals surface area (Å²) in [5, 5.41) is 0. The molecule has 0 bridgehead atoms. The Bertz CT molecular complexity index is 103. The highest BCUT2D eigenvalue weighted by Crippen LogP contribution is 2.43. The van der Waals surface area contributed by atoms with Crippen molar-refractivity contribution in [2.75, 3.05) is 0 Å². The minimum Gasteiger partial charge on any atom is -0.0683 e. The van der Waals surface area contributed by atoms with E-state index in [1.807, 2.05) is 13.8 Å². The summed E-state index contributed by atoms with van der Waals surface area (Å²) in [4.78, 5) is 0. The summed E-state index contributed by atoms with van der Waals surface area (Å²) < 4.78 is 0. The third kappa shape index (κ3) is 4.02. The third-order valence-electron chi connectivity index (χ3n) is 3.67. The second kappa shape index (κ2) is 8.32. The second-order valence-electron chi connectivity index (χ2n) is 4.65. The summed E-state index contributed by atoms with van der Waals surface area (Å²) in [5.74, 6) is 1.64. The monoisotopic (exact) mass is 200 g/mol. The summed E-state index contributed by atoms with van der Waals surface area (Å²) in [7, 11) is 0. The fraction of sp³-hybridized carbons (Fsp3) is 1.00. The first kappa shape index (κ1) is 16.4. The summed E-state index contributed by atoms with van der Waals surface area (Å²) in [6.45, 7) is 18.1. The van der Waals surface area contributed by atoms with Gasteiger partial charge in [-0.15, -0.1) is 0 Å². The van der Waals surface area contributed by atoms with E-state index in [4.69, 9.17) is 0 Å². The molecule has 0 amide bonds. The van der Waals surface area contributed by atoms with Crippen molar-refractivity contribution in [3.8, 4) is 0 Å². The molecule has 0 aliphatic carbocycles. The van der Waals surface area contributed by atoms with Crippen molar-refractivity contribution in [2.24, 2.45) is 17.3 Å². The summed E-state index contributed by atoms with van der Waals surface area (Å²) >= 11 is 0. The van der Waals surface area contributed by atoms with E-state index in [9.17, 15) is 0 Å². The van der Waals surface area contributed by atoms with Gasteiger partial charge in [0.2, 0.25) is 0 Å². The van der Waals surface area contributed by atoms with Crippen molar-refractivity contribution >= 4 is 0 Å². The van der Waals surface area contributed by atoms with E-state index in [1.54, 1.807) is 0 Å². The maximum absolute atomic E-state index is 2.37. The molecule has 0 aliphatic heterocycles. The zero-order valence-corrected chi connectivity index (χ0v) is 11.8. The molecule has 0 fully saturated rings. The molecule has 0 aromatic carbocycles. The van der Waals surface area contributed by atoms with E-state index in [0.717, 1.165) is 11.8 Å². The molecule has 0 rings (SSSR count). The Morgan fingerprint density at radius 2 is 1.21 bits per heavy atom. The highest BCUT2D eigenvalue weighted by Gasteiger charge is 2.33.